The van der Waals surface area contributed by atoms with Crippen molar-refractivity contribution in [2.24, 2.45) is 5.92 Å². The van der Waals surface area contributed by atoms with Crippen LogP contribution in [0, 0.1) is 5.92 Å². The van der Waals surface area contributed by atoms with Gasteiger partial charge in [0.15, 0.2) is 0 Å². The van der Waals surface area contributed by atoms with E-state index in [9.17, 15) is 0 Å². The first-order chi connectivity index (χ1) is 9.20. The van der Waals surface area contributed by atoms with Crippen molar-refractivity contribution in [1.29, 1.82) is 0 Å². The molecule has 1 aliphatic rings. The molecule has 1 aromatic rings. The Morgan fingerprint density at radius 2 is 2.11 bits per heavy atom. The lowest BCUT2D eigenvalue weighted by Gasteiger charge is -2.42. The average Bonchev–Trinajstić information content (AvgIpc) is 2.40. The minimum Gasteiger partial charge on any atom is -0.311 e. The van der Waals surface area contributed by atoms with Crippen molar-refractivity contribution in [1.82, 2.24) is 10.2 Å². The summed E-state index contributed by atoms with van der Waals surface area (Å²) >= 11 is 0. The van der Waals surface area contributed by atoms with Crippen LogP contribution < -0.4 is 5.32 Å². The van der Waals surface area contributed by atoms with Gasteiger partial charge in [-0.25, -0.2) is 0 Å². The fraction of sp³-hybridized carbons (Fsp3) is 0.529. The first-order valence-electron chi connectivity index (χ1n) is 7.33. The summed E-state index contributed by atoms with van der Waals surface area (Å²) in [5.74, 6) is 0.685. The van der Waals surface area contributed by atoms with Crippen LogP contribution in [0.15, 0.2) is 43.0 Å². The standard InChI is InChI=1S/C17H26N2/c1-4-10-19-13-16(18-12-17(19)14(2)3)11-15-8-6-5-7-9-15/h4-9,14,16-18H,1,10-13H2,2-3H3. The van der Waals surface area contributed by atoms with E-state index in [4.69, 9.17) is 0 Å². The van der Waals surface area contributed by atoms with Crippen molar-refractivity contribution in [3.05, 3.63) is 48.6 Å². The van der Waals surface area contributed by atoms with E-state index >= 15 is 0 Å². The summed E-state index contributed by atoms with van der Waals surface area (Å²) in [5.41, 5.74) is 1.42. The molecule has 1 aromatic carbocycles. The van der Waals surface area contributed by atoms with Crippen LogP contribution >= 0.6 is 0 Å². The molecule has 0 aromatic heterocycles. The van der Waals surface area contributed by atoms with Gasteiger partial charge in [-0.1, -0.05) is 50.3 Å². The Kier molecular flexibility index (Phi) is 5.17. The molecule has 1 aliphatic heterocycles. The summed E-state index contributed by atoms with van der Waals surface area (Å²) in [4.78, 5) is 2.57. The maximum atomic E-state index is 3.90. The van der Waals surface area contributed by atoms with Crippen LogP contribution in [0.2, 0.25) is 0 Å². The molecule has 0 aliphatic carbocycles. The monoisotopic (exact) mass is 258 g/mol. The highest BCUT2D eigenvalue weighted by Gasteiger charge is 2.28. The number of rotatable bonds is 5. The Bertz CT molecular complexity index is 386. The molecular weight excluding hydrogens is 232 g/mol. The van der Waals surface area contributed by atoms with Crippen LogP contribution in [-0.2, 0) is 6.42 Å². The Morgan fingerprint density at radius 1 is 1.37 bits per heavy atom. The van der Waals surface area contributed by atoms with Crippen molar-refractivity contribution >= 4 is 0 Å². The molecule has 1 fully saturated rings. The van der Waals surface area contributed by atoms with E-state index < -0.39 is 0 Å². The van der Waals surface area contributed by atoms with Gasteiger partial charge in [0.1, 0.15) is 0 Å². The van der Waals surface area contributed by atoms with Gasteiger partial charge in [0, 0.05) is 31.7 Å². The van der Waals surface area contributed by atoms with E-state index in [1.165, 1.54) is 5.56 Å². The number of nitrogens with zero attached hydrogens (tertiary/aromatic N) is 1. The van der Waals surface area contributed by atoms with Crippen LogP contribution in [0.3, 0.4) is 0 Å². The summed E-state index contributed by atoms with van der Waals surface area (Å²) in [6, 6.07) is 11.9. The molecule has 0 saturated carbocycles. The van der Waals surface area contributed by atoms with Gasteiger partial charge in [-0.3, -0.25) is 4.90 Å². The third kappa shape index (κ3) is 3.92. The fourth-order valence-corrected chi connectivity index (χ4v) is 2.97. The number of hydrogen-bond donors (Lipinski definition) is 1. The Morgan fingerprint density at radius 3 is 2.74 bits per heavy atom. The van der Waals surface area contributed by atoms with E-state index in [-0.39, 0.29) is 0 Å². The minimum absolute atomic E-state index is 0.553. The smallest absolute Gasteiger partial charge is 0.0247 e. The summed E-state index contributed by atoms with van der Waals surface area (Å²) in [6.07, 6.45) is 3.14. The van der Waals surface area contributed by atoms with Crippen molar-refractivity contribution in [3.63, 3.8) is 0 Å². The topological polar surface area (TPSA) is 15.3 Å². The molecule has 1 heterocycles. The normalized spacial score (nSPS) is 24.6. The van der Waals surface area contributed by atoms with Gasteiger partial charge in [-0.05, 0) is 17.9 Å². The summed E-state index contributed by atoms with van der Waals surface area (Å²) in [5, 5.41) is 3.71. The molecule has 2 rings (SSSR count). The molecule has 19 heavy (non-hydrogen) atoms. The molecule has 1 saturated heterocycles. The maximum Gasteiger partial charge on any atom is 0.0247 e. The van der Waals surface area contributed by atoms with Gasteiger partial charge in [-0.2, -0.15) is 0 Å². The number of piperazine rings is 1. The Labute approximate surface area is 117 Å². The average molecular weight is 258 g/mol. The summed E-state index contributed by atoms with van der Waals surface area (Å²) in [6.45, 7) is 11.7. The molecule has 0 radical (unpaired) electrons. The highest BCUT2D eigenvalue weighted by atomic mass is 15.2. The van der Waals surface area contributed by atoms with Crippen LogP contribution in [0.25, 0.3) is 0 Å². The van der Waals surface area contributed by atoms with Crippen LogP contribution in [0.5, 0.6) is 0 Å². The van der Waals surface area contributed by atoms with Crippen molar-refractivity contribution in [3.8, 4) is 0 Å². The zero-order chi connectivity index (χ0) is 13.7. The number of benzene rings is 1. The predicted octanol–water partition coefficient (Wildman–Crippen LogP) is 2.71. The van der Waals surface area contributed by atoms with E-state index in [1.54, 1.807) is 0 Å². The molecule has 104 valence electrons. The van der Waals surface area contributed by atoms with Crippen molar-refractivity contribution in [2.45, 2.75) is 32.4 Å². The van der Waals surface area contributed by atoms with E-state index in [2.05, 4.69) is 61.0 Å². The SMILES string of the molecule is C=CCN1CC(Cc2ccccc2)NCC1C(C)C. The predicted molar refractivity (Wildman–Crippen MR) is 82.3 cm³/mol. The second kappa shape index (κ2) is 6.88. The molecule has 0 bridgehead atoms. The lowest BCUT2D eigenvalue weighted by Crippen LogP contribution is -2.58. The second-order valence-corrected chi connectivity index (χ2v) is 5.85. The largest absolute Gasteiger partial charge is 0.311 e. The quantitative estimate of drug-likeness (QED) is 0.817. The summed E-state index contributed by atoms with van der Waals surface area (Å²) < 4.78 is 0. The molecule has 0 amide bonds. The molecule has 1 N–H and O–H groups in total. The molecule has 2 heteroatoms. The van der Waals surface area contributed by atoms with Crippen molar-refractivity contribution in [2.75, 3.05) is 19.6 Å². The van der Waals surface area contributed by atoms with Gasteiger partial charge in [0.05, 0.1) is 0 Å². The fourth-order valence-electron chi connectivity index (χ4n) is 2.97. The number of nitrogens with one attached hydrogen (secondary N) is 1. The third-order valence-electron chi connectivity index (χ3n) is 4.00. The number of hydrogen-bond acceptors (Lipinski definition) is 2. The Balaban J connectivity index is 1.96. The first kappa shape index (κ1) is 14.3. The zero-order valence-corrected chi connectivity index (χ0v) is 12.2. The minimum atomic E-state index is 0.553. The molecular formula is C17H26N2. The van der Waals surface area contributed by atoms with Gasteiger partial charge in [-0.15, -0.1) is 6.58 Å². The van der Waals surface area contributed by atoms with E-state index in [0.717, 1.165) is 26.1 Å². The van der Waals surface area contributed by atoms with Crippen LogP contribution in [0.1, 0.15) is 19.4 Å². The summed E-state index contributed by atoms with van der Waals surface area (Å²) in [7, 11) is 0. The van der Waals surface area contributed by atoms with Gasteiger partial charge < -0.3 is 5.32 Å². The lowest BCUT2D eigenvalue weighted by atomic mass is 9.96. The third-order valence-corrected chi connectivity index (χ3v) is 4.00. The van der Waals surface area contributed by atoms with E-state index in [1.807, 2.05) is 6.08 Å². The highest BCUT2D eigenvalue weighted by Crippen LogP contribution is 2.17. The maximum absolute atomic E-state index is 3.90. The Hall–Kier alpha value is -1.12. The molecule has 2 nitrogen and oxygen atoms in total. The van der Waals surface area contributed by atoms with Crippen LogP contribution in [-0.4, -0.2) is 36.6 Å². The lowest BCUT2D eigenvalue weighted by molar-refractivity contribution is 0.111. The zero-order valence-electron chi connectivity index (χ0n) is 12.2. The molecule has 2 unspecified atom stereocenters. The highest BCUT2D eigenvalue weighted by molar-refractivity contribution is 5.16. The first-order valence-corrected chi connectivity index (χ1v) is 7.33. The van der Waals surface area contributed by atoms with E-state index in [0.29, 0.717) is 18.0 Å². The molecule has 0 spiro atoms. The molecule has 2 atom stereocenters. The van der Waals surface area contributed by atoms with Gasteiger partial charge >= 0.3 is 0 Å². The van der Waals surface area contributed by atoms with Gasteiger partial charge in [0.25, 0.3) is 0 Å². The second-order valence-electron chi connectivity index (χ2n) is 5.85. The van der Waals surface area contributed by atoms with Gasteiger partial charge in [0.2, 0.25) is 0 Å². The van der Waals surface area contributed by atoms with Crippen molar-refractivity contribution < 1.29 is 0 Å². The van der Waals surface area contributed by atoms with Crippen LogP contribution in [0.4, 0.5) is 0 Å².